The summed E-state index contributed by atoms with van der Waals surface area (Å²) >= 11 is 5.11. The molecular weight excluding hydrogens is 379 g/mol. The predicted octanol–water partition coefficient (Wildman–Crippen LogP) is 3.11. The van der Waals surface area contributed by atoms with Crippen LogP contribution in [0, 0.1) is 5.82 Å². The zero-order valence-electron chi connectivity index (χ0n) is 15.1. The van der Waals surface area contributed by atoms with Gasteiger partial charge in [0.2, 0.25) is 11.8 Å². The Balaban J connectivity index is 1.60. The van der Waals surface area contributed by atoms with E-state index in [2.05, 4.69) is 16.2 Å². The average Bonchev–Trinajstić information content (AvgIpc) is 2.68. The van der Waals surface area contributed by atoms with Crippen LogP contribution in [0.4, 0.5) is 10.1 Å². The lowest BCUT2D eigenvalue weighted by Gasteiger charge is -2.32. The fraction of sp³-hybridized carbons (Fsp3) is 0.150. The number of nitrogens with zero attached hydrogens (tertiary/aromatic N) is 1. The molecule has 144 valence electrons. The van der Waals surface area contributed by atoms with Gasteiger partial charge in [-0.1, -0.05) is 24.3 Å². The predicted molar refractivity (Wildman–Crippen MR) is 109 cm³/mol. The van der Waals surface area contributed by atoms with E-state index in [1.165, 1.54) is 36.1 Å². The van der Waals surface area contributed by atoms with Crippen LogP contribution in [0.2, 0.25) is 0 Å². The molecule has 0 aliphatic carbocycles. The normalized spacial score (nSPS) is 14.8. The van der Waals surface area contributed by atoms with E-state index in [1.807, 2.05) is 30.3 Å². The molecule has 6 nitrogen and oxygen atoms in total. The van der Waals surface area contributed by atoms with E-state index in [9.17, 15) is 14.0 Å². The van der Waals surface area contributed by atoms with Gasteiger partial charge in [-0.25, -0.2) is 4.39 Å². The number of thiocarbonyl (C=S) groups is 1. The highest BCUT2D eigenvalue weighted by atomic mass is 32.1. The molecule has 0 saturated carbocycles. The van der Waals surface area contributed by atoms with Gasteiger partial charge in [0.1, 0.15) is 5.82 Å². The molecule has 0 unspecified atom stereocenters. The van der Waals surface area contributed by atoms with Crippen LogP contribution in [0.3, 0.4) is 0 Å². The lowest BCUT2D eigenvalue weighted by atomic mass is 9.93. The molecule has 0 bridgehead atoms. The van der Waals surface area contributed by atoms with E-state index in [1.54, 1.807) is 6.20 Å². The van der Waals surface area contributed by atoms with Crippen LogP contribution in [0.1, 0.15) is 30.5 Å². The van der Waals surface area contributed by atoms with Gasteiger partial charge in [0.15, 0.2) is 5.11 Å². The van der Waals surface area contributed by atoms with Crippen molar-refractivity contribution in [2.24, 2.45) is 0 Å². The van der Waals surface area contributed by atoms with Gasteiger partial charge in [0.05, 0.1) is 12.5 Å². The molecule has 0 radical (unpaired) electrons. The Labute approximate surface area is 167 Å². The molecule has 2 aromatic carbocycles. The molecule has 2 aromatic rings. The van der Waals surface area contributed by atoms with Crippen molar-refractivity contribution in [1.82, 2.24) is 15.8 Å². The molecule has 2 amide bonds. The van der Waals surface area contributed by atoms with Crippen LogP contribution in [0.25, 0.3) is 6.08 Å². The molecule has 0 aromatic heterocycles. The van der Waals surface area contributed by atoms with E-state index in [-0.39, 0.29) is 29.2 Å². The van der Waals surface area contributed by atoms with Crippen LogP contribution in [0.5, 0.6) is 0 Å². The molecule has 3 rings (SSSR count). The second kappa shape index (κ2) is 8.62. The highest BCUT2D eigenvalue weighted by Gasteiger charge is 2.28. The topological polar surface area (TPSA) is 73.5 Å². The number of benzene rings is 2. The summed E-state index contributed by atoms with van der Waals surface area (Å²) in [5.74, 6) is -0.829. The maximum atomic E-state index is 12.9. The zero-order chi connectivity index (χ0) is 20.1. The average molecular weight is 398 g/mol. The fourth-order valence-electron chi connectivity index (χ4n) is 2.96. The number of halogens is 1. The lowest BCUT2D eigenvalue weighted by Crippen LogP contribution is -2.45. The zero-order valence-corrected chi connectivity index (χ0v) is 15.9. The highest BCUT2D eigenvalue weighted by molar-refractivity contribution is 7.80. The van der Waals surface area contributed by atoms with Gasteiger partial charge >= 0.3 is 0 Å². The third kappa shape index (κ3) is 4.72. The van der Waals surface area contributed by atoms with Crippen molar-refractivity contribution in [1.29, 1.82) is 0 Å². The number of carbonyl (C=O) groups is 2. The number of hydrazine groups is 1. The van der Waals surface area contributed by atoms with E-state index in [0.717, 1.165) is 11.1 Å². The van der Waals surface area contributed by atoms with Gasteiger partial charge in [-0.2, -0.15) is 0 Å². The Hall–Kier alpha value is -3.26. The minimum absolute atomic E-state index is 0.0626. The minimum Gasteiger partial charge on any atom is -0.331 e. The molecule has 1 atom stereocenters. The Bertz CT molecular complexity index is 930. The monoisotopic (exact) mass is 398 g/mol. The first-order valence-electron chi connectivity index (χ1n) is 8.61. The van der Waals surface area contributed by atoms with Gasteiger partial charge in [-0.05, 0) is 53.7 Å². The molecular formula is C20H19FN4O2S. The number of anilines is 1. The van der Waals surface area contributed by atoms with Crippen molar-refractivity contribution in [2.75, 3.05) is 5.32 Å². The third-order valence-electron chi connectivity index (χ3n) is 4.27. The maximum Gasteiger partial charge on any atom is 0.240 e. The van der Waals surface area contributed by atoms with E-state index >= 15 is 0 Å². The molecule has 1 heterocycles. The summed E-state index contributed by atoms with van der Waals surface area (Å²) in [6, 6.07) is 12.9. The Morgan fingerprint density at radius 2 is 1.82 bits per heavy atom. The standard InChI is InChI=1S/C20H19FN4O2S/c1-13(26)25-11-10-14-4-2-3-5-17(14)18(25)12-19(27)23-24-20(28)22-16-8-6-15(21)7-9-16/h2-11,18H,12H2,1H3,(H,23,27)(H2,22,24,28)/t18-/m0/s1. The molecule has 0 spiro atoms. The SMILES string of the molecule is CC(=O)N1C=Cc2ccccc2[C@@H]1CC(=O)NNC(=S)Nc1ccc(F)cc1. The molecule has 28 heavy (non-hydrogen) atoms. The van der Waals surface area contributed by atoms with Crippen molar-refractivity contribution in [3.05, 3.63) is 71.7 Å². The first-order valence-corrected chi connectivity index (χ1v) is 9.02. The number of nitrogens with one attached hydrogen (secondary N) is 3. The highest BCUT2D eigenvalue weighted by Crippen LogP contribution is 2.32. The molecule has 8 heteroatoms. The summed E-state index contributed by atoms with van der Waals surface area (Å²) in [4.78, 5) is 25.9. The van der Waals surface area contributed by atoms with Crippen LogP contribution < -0.4 is 16.2 Å². The van der Waals surface area contributed by atoms with Crippen LogP contribution >= 0.6 is 12.2 Å². The molecule has 0 saturated heterocycles. The van der Waals surface area contributed by atoms with Crippen molar-refractivity contribution >= 4 is 40.9 Å². The second-order valence-electron chi connectivity index (χ2n) is 6.23. The van der Waals surface area contributed by atoms with Crippen molar-refractivity contribution < 1.29 is 14.0 Å². The van der Waals surface area contributed by atoms with Gasteiger partial charge in [-0.15, -0.1) is 0 Å². The van der Waals surface area contributed by atoms with Crippen molar-refractivity contribution in [3.63, 3.8) is 0 Å². The maximum absolute atomic E-state index is 12.9. The van der Waals surface area contributed by atoms with Crippen LogP contribution in [0.15, 0.2) is 54.7 Å². The summed E-state index contributed by atoms with van der Waals surface area (Å²) in [6.45, 7) is 1.46. The first kappa shape index (κ1) is 19.5. The molecule has 3 N–H and O–H groups in total. The van der Waals surface area contributed by atoms with E-state index < -0.39 is 6.04 Å². The number of amides is 2. The summed E-state index contributed by atoms with van der Waals surface area (Å²) in [6.07, 6.45) is 3.61. The Kier molecular flexibility index (Phi) is 6.00. The summed E-state index contributed by atoms with van der Waals surface area (Å²) in [5.41, 5.74) is 7.59. The van der Waals surface area contributed by atoms with Gasteiger partial charge < -0.3 is 10.2 Å². The number of hydrogen-bond donors (Lipinski definition) is 3. The molecule has 1 aliphatic rings. The minimum atomic E-state index is -0.404. The van der Waals surface area contributed by atoms with E-state index in [0.29, 0.717) is 5.69 Å². The van der Waals surface area contributed by atoms with Crippen LogP contribution in [-0.4, -0.2) is 21.8 Å². The largest absolute Gasteiger partial charge is 0.331 e. The smallest absolute Gasteiger partial charge is 0.240 e. The third-order valence-corrected chi connectivity index (χ3v) is 4.47. The summed E-state index contributed by atoms with van der Waals surface area (Å²) < 4.78 is 12.9. The van der Waals surface area contributed by atoms with Gasteiger partial charge in [0, 0.05) is 18.8 Å². The van der Waals surface area contributed by atoms with Gasteiger partial charge in [0.25, 0.3) is 0 Å². The quantitative estimate of drug-likeness (QED) is 0.547. The number of carbonyl (C=O) groups excluding carboxylic acids is 2. The van der Waals surface area contributed by atoms with Crippen molar-refractivity contribution in [2.45, 2.75) is 19.4 Å². The summed E-state index contributed by atoms with van der Waals surface area (Å²) in [5, 5.41) is 2.99. The number of rotatable bonds is 3. The Morgan fingerprint density at radius 1 is 1.11 bits per heavy atom. The first-order chi connectivity index (χ1) is 13.4. The summed E-state index contributed by atoms with van der Waals surface area (Å²) in [7, 11) is 0. The van der Waals surface area contributed by atoms with Gasteiger partial charge in [-0.3, -0.25) is 20.4 Å². The second-order valence-corrected chi connectivity index (χ2v) is 6.63. The van der Waals surface area contributed by atoms with Crippen molar-refractivity contribution in [3.8, 4) is 0 Å². The molecule has 0 fully saturated rings. The fourth-order valence-corrected chi connectivity index (χ4v) is 3.13. The Morgan fingerprint density at radius 3 is 2.54 bits per heavy atom. The number of hydrogen-bond acceptors (Lipinski definition) is 3. The van der Waals surface area contributed by atoms with Crippen LogP contribution in [-0.2, 0) is 9.59 Å². The molecule has 1 aliphatic heterocycles. The number of fused-ring (bicyclic) bond motifs is 1. The lowest BCUT2D eigenvalue weighted by molar-refractivity contribution is -0.130. The van der Waals surface area contributed by atoms with E-state index in [4.69, 9.17) is 12.2 Å².